The first kappa shape index (κ1) is 17.8. The van der Waals surface area contributed by atoms with Crippen molar-refractivity contribution in [1.29, 1.82) is 0 Å². The highest BCUT2D eigenvalue weighted by atomic mass is 32.2. The second-order valence-corrected chi connectivity index (χ2v) is 9.76. The van der Waals surface area contributed by atoms with E-state index in [1.54, 1.807) is 6.33 Å². The van der Waals surface area contributed by atoms with Gasteiger partial charge in [0.25, 0.3) is 0 Å². The monoisotopic (exact) mass is 387 g/mol. The minimum atomic E-state index is 0.524. The van der Waals surface area contributed by atoms with Gasteiger partial charge < -0.3 is 13.9 Å². The Morgan fingerprint density at radius 3 is 2.89 bits per heavy atom. The Bertz CT molecular complexity index is 785. The normalized spacial score (nSPS) is 27.0. The molecule has 1 saturated carbocycles. The molecule has 27 heavy (non-hydrogen) atoms. The van der Waals surface area contributed by atoms with Gasteiger partial charge in [-0.15, -0.1) is 10.2 Å². The number of aryl methyl sites for hydroxylation is 1. The summed E-state index contributed by atoms with van der Waals surface area (Å²) in [5.41, 5.74) is 0.524. The number of likely N-dealkylation sites (tertiary alicyclic amines) is 2. The molecule has 6 nitrogen and oxygen atoms in total. The Labute approximate surface area is 165 Å². The van der Waals surface area contributed by atoms with Crippen molar-refractivity contribution >= 4 is 11.8 Å². The van der Waals surface area contributed by atoms with Crippen molar-refractivity contribution < 1.29 is 4.42 Å². The summed E-state index contributed by atoms with van der Waals surface area (Å²) in [7, 11) is 1.95. The second kappa shape index (κ2) is 7.26. The summed E-state index contributed by atoms with van der Waals surface area (Å²) in [6, 6.07) is 4.17. The summed E-state index contributed by atoms with van der Waals surface area (Å²) < 4.78 is 7.97. The molecule has 5 rings (SSSR count). The summed E-state index contributed by atoms with van der Waals surface area (Å²) >= 11 is 1.53. The number of rotatable bonds is 6. The molecular weight excluding hydrogens is 358 g/mol. The first-order valence-corrected chi connectivity index (χ1v) is 11.0. The van der Waals surface area contributed by atoms with Crippen LogP contribution < -0.4 is 0 Å². The predicted molar refractivity (Wildman–Crippen MR) is 105 cm³/mol. The predicted octanol–water partition coefficient (Wildman–Crippen LogP) is 3.26. The van der Waals surface area contributed by atoms with Crippen LogP contribution in [0.3, 0.4) is 0 Å². The van der Waals surface area contributed by atoms with Crippen LogP contribution in [0, 0.1) is 11.3 Å². The fraction of sp³-hybridized carbons (Fsp3) is 0.700. The smallest absolute Gasteiger partial charge is 0.198 e. The lowest BCUT2D eigenvalue weighted by Crippen LogP contribution is -2.45. The van der Waals surface area contributed by atoms with Crippen LogP contribution in [-0.2, 0) is 13.6 Å². The van der Waals surface area contributed by atoms with Crippen molar-refractivity contribution in [3.63, 3.8) is 0 Å². The summed E-state index contributed by atoms with van der Waals surface area (Å²) in [5, 5.41) is 9.78. The quantitative estimate of drug-likeness (QED) is 0.758. The van der Waals surface area contributed by atoms with Gasteiger partial charge in [0.05, 0.1) is 6.54 Å². The molecule has 1 spiro atoms. The average Bonchev–Trinajstić information content (AvgIpc) is 3.01. The van der Waals surface area contributed by atoms with Gasteiger partial charge in [-0.05, 0) is 80.4 Å². The van der Waals surface area contributed by atoms with Gasteiger partial charge in [0.1, 0.15) is 12.1 Å². The number of aromatic nitrogens is 3. The van der Waals surface area contributed by atoms with E-state index in [-0.39, 0.29) is 0 Å². The Balaban J connectivity index is 1.17. The van der Waals surface area contributed by atoms with E-state index in [2.05, 4.69) is 32.1 Å². The first-order chi connectivity index (χ1) is 13.2. The number of furan rings is 1. The van der Waals surface area contributed by atoms with Crippen molar-refractivity contribution in [2.45, 2.75) is 48.9 Å². The van der Waals surface area contributed by atoms with E-state index in [1.165, 1.54) is 76.6 Å². The summed E-state index contributed by atoms with van der Waals surface area (Å²) in [4.78, 5) is 5.35. The molecule has 7 heteroatoms. The molecule has 0 radical (unpaired) electrons. The van der Waals surface area contributed by atoms with Crippen LogP contribution >= 0.6 is 11.8 Å². The molecule has 146 valence electrons. The van der Waals surface area contributed by atoms with Crippen molar-refractivity contribution in [3.05, 3.63) is 24.2 Å². The SMILES string of the molecule is Cn1cnnc1Sc1ccc(CN2CC[C@@]3(CCCN(CC4CC4)C3)C2)o1. The van der Waals surface area contributed by atoms with Crippen LogP contribution in [0.1, 0.15) is 37.9 Å². The molecule has 0 bridgehead atoms. The van der Waals surface area contributed by atoms with Crippen molar-refractivity contribution in [2.24, 2.45) is 18.4 Å². The highest BCUT2D eigenvalue weighted by molar-refractivity contribution is 7.99. The maximum absolute atomic E-state index is 6.06. The molecule has 1 atom stereocenters. The van der Waals surface area contributed by atoms with Crippen LogP contribution in [0.5, 0.6) is 0 Å². The van der Waals surface area contributed by atoms with E-state index in [9.17, 15) is 0 Å². The Hall–Kier alpha value is -1.31. The third kappa shape index (κ3) is 4.10. The van der Waals surface area contributed by atoms with Gasteiger partial charge in [-0.2, -0.15) is 0 Å². The van der Waals surface area contributed by atoms with Crippen molar-refractivity contribution in [2.75, 3.05) is 32.7 Å². The van der Waals surface area contributed by atoms with E-state index in [1.807, 2.05) is 11.6 Å². The zero-order valence-electron chi connectivity index (χ0n) is 16.1. The largest absolute Gasteiger partial charge is 0.453 e. The molecule has 0 unspecified atom stereocenters. The topological polar surface area (TPSA) is 50.3 Å². The molecule has 0 N–H and O–H groups in total. The lowest BCUT2D eigenvalue weighted by Gasteiger charge is -2.40. The Morgan fingerprint density at radius 2 is 2.07 bits per heavy atom. The van der Waals surface area contributed by atoms with Crippen LogP contribution in [0.2, 0.25) is 0 Å². The minimum absolute atomic E-state index is 0.524. The van der Waals surface area contributed by atoms with Crippen molar-refractivity contribution in [1.82, 2.24) is 24.6 Å². The van der Waals surface area contributed by atoms with E-state index in [0.717, 1.165) is 28.5 Å². The molecule has 3 fully saturated rings. The number of hydrogen-bond donors (Lipinski definition) is 0. The van der Waals surface area contributed by atoms with E-state index in [4.69, 9.17) is 4.42 Å². The highest BCUT2D eigenvalue weighted by Gasteiger charge is 2.42. The third-order valence-corrected chi connectivity index (χ3v) is 7.32. The molecule has 1 aliphatic carbocycles. The summed E-state index contributed by atoms with van der Waals surface area (Å²) in [6.45, 7) is 7.32. The van der Waals surface area contributed by atoms with E-state index in [0.29, 0.717) is 5.41 Å². The zero-order chi connectivity index (χ0) is 18.3. The summed E-state index contributed by atoms with van der Waals surface area (Å²) in [6.07, 6.45) is 8.75. The second-order valence-electron chi connectivity index (χ2n) is 8.79. The molecule has 4 heterocycles. The standard InChI is InChI=1S/C20H29N5OS/c1-23-15-21-22-19(23)27-18-6-5-17(26-18)12-25-10-8-20(14-25)7-2-9-24(13-20)11-16-3-4-16/h5-6,15-16H,2-4,7-14H2,1H3/t20-/m1/s1. The molecule has 2 saturated heterocycles. The summed E-state index contributed by atoms with van der Waals surface area (Å²) in [5.74, 6) is 2.06. The molecule has 3 aliphatic rings. The van der Waals surface area contributed by atoms with Gasteiger partial charge in [-0.3, -0.25) is 4.90 Å². The fourth-order valence-corrected chi connectivity index (χ4v) is 5.54. The van der Waals surface area contributed by atoms with Crippen LogP contribution in [0.4, 0.5) is 0 Å². The highest BCUT2D eigenvalue weighted by Crippen LogP contribution is 2.41. The molecule has 2 aliphatic heterocycles. The maximum Gasteiger partial charge on any atom is 0.198 e. The van der Waals surface area contributed by atoms with Crippen LogP contribution in [-0.4, -0.2) is 57.3 Å². The van der Waals surface area contributed by atoms with Crippen molar-refractivity contribution in [3.8, 4) is 0 Å². The maximum atomic E-state index is 6.06. The van der Waals surface area contributed by atoms with E-state index >= 15 is 0 Å². The third-order valence-electron chi connectivity index (χ3n) is 6.35. The van der Waals surface area contributed by atoms with E-state index < -0.39 is 0 Å². The molecule has 0 amide bonds. The van der Waals surface area contributed by atoms with Gasteiger partial charge in [0.15, 0.2) is 10.2 Å². The first-order valence-electron chi connectivity index (χ1n) is 10.2. The van der Waals surface area contributed by atoms with Crippen LogP contribution in [0.15, 0.2) is 33.1 Å². The Kier molecular flexibility index (Phi) is 4.78. The molecule has 2 aromatic rings. The van der Waals surface area contributed by atoms with Crippen LogP contribution in [0.25, 0.3) is 0 Å². The van der Waals surface area contributed by atoms with Gasteiger partial charge in [0.2, 0.25) is 0 Å². The lowest BCUT2D eigenvalue weighted by atomic mass is 9.79. The Morgan fingerprint density at radius 1 is 1.19 bits per heavy atom. The number of piperidine rings is 1. The van der Waals surface area contributed by atoms with Gasteiger partial charge in [0, 0.05) is 26.7 Å². The fourth-order valence-electron chi connectivity index (χ4n) is 4.80. The minimum Gasteiger partial charge on any atom is -0.453 e. The lowest BCUT2D eigenvalue weighted by molar-refractivity contribution is 0.0874. The van der Waals surface area contributed by atoms with Gasteiger partial charge in [-0.1, -0.05) is 0 Å². The average molecular weight is 388 g/mol. The van der Waals surface area contributed by atoms with Gasteiger partial charge >= 0.3 is 0 Å². The number of hydrogen-bond acceptors (Lipinski definition) is 6. The molecular formula is C20H29N5OS. The molecule has 0 aromatic carbocycles. The molecule has 2 aromatic heterocycles. The van der Waals surface area contributed by atoms with Gasteiger partial charge in [-0.25, -0.2) is 0 Å². The zero-order valence-corrected chi connectivity index (χ0v) is 17.0. The number of nitrogens with zero attached hydrogens (tertiary/aromatic N) is 5.